The molecular formula is C22H16ClFN4O5. The summed E-state index contributed by atoms with van der Waals surface area (Å²) in [6, 6.07) is 13.0. The first kappa shape index (κ1) is 23.4. The molecule has 0 atom stereocenters. The molecule has 3 aromatic carbocycles. The molecule has 0 aliphatic rings. The fraction of sp³-hybridized carbons (Fsp3) is 0.0455. The van der Waals surface area contributed by atoms with Crippen molar-refractivity contribution in [2.75, 3.05) is 16.0 Å². The summed E-state index contributed by atoms with van der Waals surface area (Å²) in [6.07, 6.45) is 0. The molecule has 0 saturated heterocycles. The first-order valence-electron chi connectivity index (χ1n) is 9.38. The van der Waals surface area contributed by atoms with E-state index in [2.05, 4.69) is 16.0 Å². The van der Waals surface area contributed by atoms with Gasteiger partial charge in [0, 0.05) is 24.7 Å². The molecule has 3 aromatic rings. The zero-order chi connectivity index (χ0) is 24.1. The summed E-state index contributed by atoms with van der Waals surface area (Å²) >= 11 is 6.00. The van der Waals surface area contributed by atoms with Crippen LogP contribution in [0.3, 0.4) is 0 Å². The molecular weight excluding hydrogens is 455 g/mol. The van der Waals surface area contributed by atoms with Crippen molar-refractivity contribution in [3.8, 4) is 0 Å². The van der Waals surface area contributed by atoms with Crippen molar-refractivity contribution in [1.29, 1.82) is 0 Å². The van der Waals surface area contributed by atoms with Crippen LogP contribution in [0, 0.1) is 15.9 Å². The number of non-ortho nitro benzene ring substituents is 1. The van der Waals surface area contributed by atoms with E-state index < -0.39 is 22.6 Å². The molecule has 3 amide bonds. The average Bonchev–Trinajstić information content (AvgIpc) is 2.75. The van der Waals surface area contributed by atoms with E-state index in [9.17, 15) is 28.9 Å². The standard InChI is InChI=1S/C22H16ClFN4O5/c1-12(29)25-13-6-9-18(24)20(10-13)27-22(31)16-4-2-3-5-19(16)26-21(30)15-8-7-14(28(32)33)11-17(15)23/h2-11H,1H3,(H,25,29)(H,26,30)(H,27,31). The van der Waals surface area contributed by atoms with Gasteiger partial charge < -0.3 is 16.0 Å². The van der Waals surface area contributed by atoms with Crippen molar-refractivity contribution >= 4 is 52.1 Å². The number of hydrogen-bond donors (Lipinski definition) is 3. The highest BCUT2D eigenvalue weighted by Gasteiger charge is 2.19. The number of amides is 3. The molecule has 168 valence electrons. The minimum atomic E-state index is -0.725. The molecule has 0 bridgehead atoms. The maximum Gasteiger partial charge on any atom is 0.270 e. The Morgan fingerprint density at radius 2 is 1.55 bits per heavy atom. The number of carbonyl (C=O) groups excluding carboxylic acids is 3. The maximum absolute atomic E-state index is 14.2. The number of halogens is 2. The van der Waals surface area contributed by atoms with Crippen molar-refractivity contribution in [3.63, 3.8) is 0 Å². The Hall–Kier alpha value is -4.31. The Morgan fingerprint density at radius 3 is 2.21 bits per heavy atom. The van der Waals surface area contributed by atoms with E-state index in [1.54, 1.807) is 12.1 Å². The van der Waals surface area contributed by atoms with Crippen LogP contribution < -0.4 is 16.0 Å². The van der Waals surface area contributed by atoms with E-state index in [0.717, 1.165) is 18.2 Å². The first-order valence-corrected chi connectivity index (χ1v) is 9.76. The van der Waals surface area contributed by atoms with Crippen LogP contribution >= 0.6 is 11.6 Å². The number of carbonyl (C=O) groups is 3. The van der Waals surface area contributed by atoms with Gasteiger partial charge in [0.1, 0.15) is 5.82 Å². The minimum Gasteiger partial charge on any atom is -0.326 e. The Labute approximate surface area is 191 Å². The quantitative estimate of drug-likeness (QED) is 0.350. The van der Waals surface area contributed by atoms with Gasteiger partial charge in [-0.15, -0.1) is 0 Å². The predicted octanol–water partition coefficient (Wildman–Crippen LogP) is 4.85. The van der Waals surface area contributed by atoms with Gasteiger partial charge in [0.05, 0.1) is 32.4 Å². The molecule has 0 unspecified atom stereocenters. The summed E-state index contributed by atoms with van der Waals surface area (Å²) in [6.45, 7) is 1.29. The molecule has 0 aromatic heterocycles. The van der Waals surface area contributed by atoms with E-state index in [0.29, 0.717) is 0 Å². The molecule has 0 radical (unpaired) electrons. The topological polar surface area (TPSA) is 130 Å². The Balaban J connectivity index is 1.83. The number of nitro benzene ring substituents is 1. The van der Waals surface area contributed by atoms with E-state index >= 15 is 0 Å². The van der Waals surface area contributed by atoms with Gasteiger partial charge in [-0.05, 0) is 36.4 Å². The van der Waals surface area contributed by atoms with Gasteiger partial charge in [0.15, 0.2) is 0 Å². The van der Waals surface area contributed by atoms with Crippen molar-refractivity contribution in [2.24, 2.45) is 0 Å². The maximum atomic E-state index is 14.2. The number of nitrogens with one attached hydrogen (secondary N) is 3. The third-order valence-electron chi connectivity index (χ3n) is 4.36. The van der Waals surface area contributed by atoms with Gasteiger partial charge >= 0.3 is 0 Å². The van der Waals surface area contributed by atoms with Crippen molar-refractivity contribution in [2.45, 2.75) is 6.92 Å². The highest BCUT2D eigenvalue weighted by molar-refractivity contribution is 6.34. The van der Waals surface area contributed by atoms with Gasteiger partial charge in [0.25, 0.3) is 17.5 Å². The Bertz CT molecular complexity index is 1280. The molecule has 0 spiro atoms. The Kier molecular flexibility index (Phi) is 6.99. The SMILES string of the molecule is CC(=O)Nc1ccc(F)c(NC(=O)c2ccccc2NC(=O)c2ccc([N+](=O)[O-])cc2Cl)c1. The van der Waals surface area contributed by atoms with Gasteiger partial charge in [0.2, 0.25) is 5.91 Å². The lowest BCUT2D eigenvalue weighted by Crippen LogP contribution is -2.19. The third-order valence-corrected chi connectivity index (χ3v) is 4.68. The van der Waals surface area contributed by atoms with Crippen LogP contribution in [0.5, 0.6) is 0 Å². The van der Waals surface area contributed by atoms with Crippen molar-refractivity contribution < 1.29 is 23.7 Å². The fourth-order valence-electron chi connectivity index (χ4n) is 2.87. The smallest absolute Gasteiger partial charge is 0.270 e. The van der Waals surface area contributed by atoms with Gasteiger partial charge in [-0.25, -0.2) is 4.39 Å². The second kappa shape index (κ2) is 9.88. The molecule has 0 aliphatic heterocycles. The minimum absolute atomic E-state index is 0.0215. The number of hydrogen-bond acceptors (Lipinski definition) is 5. The molecule has 0 fully saturated rings. The lowest BCUT2D eigenvalue weighted by Gasteiger charge is -2.13. The predicted molar refractivity (Wildman–Crippen MR) is 121 cm³/mol. The number of para-hydroxylation sites is 1. The molecule has 3 rings (SSSR count). The zero-order valence-electron chi connectivity index (χ0n) is 17.0. The summed E-state index contributed by atoms with van der Waals surface area (Å²) < 4.78 is 14.2. The molecule has 33 heavy (non-hydrogen) atoms. The van der Waals surface area contributed by atoms with E-state index in [1.807, 2.05) is 0 Å². The average molecular weight is 471 g/mol. The zero-order valence-corrected chi connectivity index (χ0v) is 17.8. The Morgan fingerprint density at radius 1 is 0.879 bits per heavy atom. The second-order valence-corrected chi connectivity index (χ2v) is 7.16. The third kappa shape index (κ3) is 5.69. The fourth-order valence-corrected chi connectivity index (χ4v) is 3.13. The van der Waals surface area contributed by atoms with Crippen molar-refractivity contribution in [3.05, 3.63) is 92.7 Å². The van der Waals surface area contributed by atoms with E-state index in [-0.39, 0.29) is 44.8 Å². The highest BCUT2D eigenvalue weighted by atomic mass is 35.5. The van der Waals surface area contributed by atoms with Crippen LogP contribution in [-0.2, 0) is 4.79 Å². The number of nitro groups is 1. The number of benzene rings is 3. The van der Waals surface area contributed by atoms with Crippen LogP contribution in [0.15, 0.2) is 60.7 Å². The highest BCUT2D eigenvalue weighted by Crippen LogP contribution is 2.25. The number of rotatable bonds is 6. The summed E-state index contributed by atoms with van der Waals surface area (Å²) in [4.78, 5) is 46.9. The van der Waals surface area contributed by atoms with Gasteiger partial charge in [-0.2, -0.15) is 0 Å². The summed E-state index contributed by atoms with van der Waals surface area (Å²) in [5, 5.41) is 18.1. The molecule has 0 heterocycles. The molecule has 9 nitrogen and oxygen atoms in total. The molecule has 0 aliphatic carbocycles. The number of nitrogens with zero attached hydrogens (tertiary/aromatic N) is 1. The normalized spacial score (nSPS) is 10.3. The van der Waals surface area contributed by atoms with Crippen LogP contribution in [-0.4, -0.2) is 22.6 Å². The molecule has 11 heteroatoms. The first-order chi connectivity index (χ1) is 15.7. The lowest BCUT2D eigenvalue weighted by molar-refractivity contribution is -0.384. The van der Waals surface area contributed by atoms with Crippen LogP contribution in [0.2, 0.25) is 5.02 Å². The van der Waals surface area contributed by atoms with Gasteiger partial charge in [-0.3, -0.25) is 24.5 Å². The largest absolute Gasteiger partial charge is 0.326 e. The van der Waals surface area contributed by atoms with Crippen molar-refractivity contribution in [1.82, 2.24) is 0 Å². The van der Waals surface area contributed by atoms with Crippen LogP contribution in [0.1, 0.15) is 27.6 Å². The second-order valence-electron chi connectivity index (χ2n) is 6.75. The number of anilines is 3. The monoisotopic (exact) mass is 470 g/mol. The lowest BCUT2D eigenvalue weighted by atomic mass is 10.1. The molecule has 3 N–H and O–H groups in total. The van der Waals surface area contributed by atoms with Gasteiger partial charge in [-0.1, -0.05) is 23.7 Å². The van der Waals surface area contributed by atoms with E-state index in [4.69, 9.17) is 11.6 Å². The van der Waals surface area contributed by atoms with Crippen LogP contribution in [0.25, 0.3) is 0 Å². The van der Waals surface area contributed by atoms with E-state index in [1.165, 1.54) is 37.3 Å². The summed E-state index contributed by atoms with van der Waals surface area (Å²) in [7, 11) is 0. The summed E-state index contributed by atoms with van der Waals surface area (Å²) in [5.74, 6) is -2.51. The molecule has 0 saturated carbocycles. The van der Waals surface area contributed by atoms with Crippen LogP contribution in [0.4, 0.5) is 27.1 Å². The summed E-state index contributed by atoms with van der Waals surface area (Å²) in [5.41, 5.74) is -0.0770.